The molecule has 14 heavy (non-hydrogen) atoms. The van der Waals surface area contributed by atoms with Crippen LogP contribution in [0.5, 0.6) is 0 Å². The largest absolute Gasteiger partial charge is 0.456 e. The van der Waals surface area contributed by atoms with Crippen molar-refractivity contribution in [2.45, 2.75) is 39.3 Å². The molecule has 2 nitrogen and oxygen atoms in total. The quantitative estimate of drug-likeness (QED) is 0.741. The third-order valence-corrected chi connectivity index (χ3v) is 6.38. The molecule has 0 unspecified atom stereocenters. The first-order valence-corrected chi connectivity index (χ1v) is 12.5. The summed E-state index contributed by atoms with van der Waals surface area (Å²) in [7, 11) is -2.46. The molecule has 82 valence electrons. The van der Waals surface area contributed by atoms with Gasteiger partial charge in [0, 0.05) is 11.6 Å². The van der Waals surface area contributed by atoms with E-state index >= 15 is 0 Å². The minimum atomic E-state index is -1.23. The Kier molecular flexibility index (Phi) is 5.81. The number of nitrogens with zero attached hydrogens (tertiary/aromatic N) is 1. The average molecular weight is 248 g/mol. The fourth-order valence-corrected chi connectivity index (χ4v) is 8.79. The lowest BCUT2D eigenvalue weighted by molar-refractivity contribution is 0.559. The SMILES string of the molecule is C[Si](C)(C)O[Si](C)(C)C.c1cscn1. The predicted octanol–water partition coefficient (Wildman–Crippen LogP) is 3.82. The molecular formula is C9H21NOSSi2. The summed E-state index contributed by atoms with van der Waals surface area (Å²) in [5, 5.41) is 1.93. The van der Waals surface area contributed by atoms with E-state index in [1.807, 2.05) is 5.38 Å². The lowest BCUT2D eigenvalue weighted by Gasteiger charge is -2.27. The van der Waals surface area contributed by atoms with Crippen LogP contribution < -0.4 is 0 Å². The molecule has 1 aromatic rings. The predicted molar refractivity (Wildman–Crippen MR) is 69.9 cm³/mol. The molecule has 0 aliphatic heterocycles. The van der Waals surface area contributed by atoms with E-state index in [0.717, 1.165) is 0 Å². The number of aromatic nitrogens is 1. The molecule has 0 saturated carbocycles. The fourth-order valence-electron chi connectivity index (χ4n) is 1.09. The van der Waals surface area contributed by atoms with Crippen LogP contribution in [-0.2, 0) is 4.12 Å². The summed E-state index contributed by atoms with van der Waals surface area (Å²) in [4.78, 5) is 3.74. The van der Waals surface area contributed by atoms with Gasteiger partial charge in [0.05, 0.1) is 5.51 Å². The molecule has 1 heterocycles. The van der Waals surface area contributed by atoms with E-state index in [-0.39, 0.29) is 0 Å². The Morgan fingerprint density at radius 2 is 1.50 bits per heavy atom. The molecule has 0 amide bonds. The lowest BCUT2D eigenvalue weighted by Crippen LogP contribution is -2.39. The topological polar surface area (TPSA) is 22.1 Å². The Hall–Kier alpha value is 0.0238. The number of hydrogen-bond donors (Lipinski definition) is 0. The molecule has 0 N–H and O–H groups in total. The maximum Gasteiger partial charge on any atom is 0.170 e. The Morgan fingerprint density at radius 1 is 1.00 bits per heavy atom. The summed E-state index contributed by atoms with van der Waals surface area (Å²) >= 11 is 1.60. The molecule has 0 spiro atoms. The Labute approximate surface area is 93.6 Å². The molecule has 0 aliphatic rings. The minimum absolute atomic E-state index is 1.23. The first-order valence-electron chi connectivity index (χ1n) is 4.73. The minimum Gasteiger partial charge on any atom is -0.456 e. The normalized spacial score (nSPS) is 11.9. The van der Waals surface area contributed by atoms with Crippen LogP contribution in [0.25, 0.3) is 0 Å². The summed E-state index contributed by atoms with van der Waals surface area (Å²) in [6, 6.07) is 0. The first-order chi connectivity index (χ1) is 6.21. The molecule has 0 fully saturated rings. The van der Waals surface area contributed by atoms with Gasteiger partial charge in [-0.15, -0.1) is 11.3 Å². The third-order valence-electron chi connectivity index (χ3n) is 0.960. The second-order valence-electron chi connectivity index (χ2n) is 5.00. The summed E-state index contributed by atoms with van der Waals surface area (Å²) in [6.45, 7) is 13.4. The van der Waals surface area contributed by atoms with Gasteiger partial charge < -0.3 is 4.12 Å². The Balaban J connectivity index is 0.000000280. The molecule has 0 atom stereocenters. The number of rotatable bonds is 2. The lowest BCUT2D eigenvalue weighted by atomic mass is 11.0. The highest BCUT2D eigenvalue weighted by molar-refractivity contribution is 7.07. The monoisotopic (exact) mass is 247 g/mol. The van der Waals surface area contributed by atoms with Gasteiger partial charge in [-0.1, -0.05) is 0 Å². The van der Waals surface area contributed by atoms with Gasteiger partial charge in [-0.2, -0.15) is 0 Å². The van der Waals surface area contributed by atoms with Gasteiger partial charge in [-0.05, 0) is 39.3 Å². The zero-order chi connectivity index (χ0) is 11.2. The third kappa shape index (κ3) is 12.0. The van der Waals surface area contributed by atoms with Crippen LogP contribution in [0.2, 0.25) is 39.3 Å². The van der Waals surface area contributed by atoms with E-state index < -0.39 is 16.6 Å². The fraction of sp³-hybridized carbons (Fsp3) is 0.667. The highest BCUT2D eigenvalue weighted by Crippen LogP contribution is 2.12. The van der Waals surface area contributed by atoms with Crippen molar-refractivity contribution in [2.75, 3.05) is 0 Å². The van der Waals surface area contributed by atoms with Crippen LogP contribution in [0.1, 0.15) is 0 Å². The summed E-state index contributed by atoms with van der Waals surface area (Å²) in [5.41, 5.74) is 1.79. The van der Waals surface area contributed by atoms with Crippen LogP contribution in [-0.4, -0.2) is 21.6 Å². The standard InChI is InChI=1S/C6H18OSi2.C3H3NS/c1-8(2,3)7-9(4,5)6;1-2-5-3-4-1/h1-6H3;1-3H. The van der Waals surface area contributed by atoms with Gasteiger partial charge in [0.15, 0.2) is 16.6 Å². The van der Waals surface area contributed by atoms with Crippen LogP contribution in [0.3, 0.4) is 0 Å². The summed E-state index contributed by atoms with van der Waals surface area (Å²) < 4.78 is 5.90. The zero-order valence-corrected chi connectivity index (χ0v) is 12.8. The van der Waals surface area contributed by atoms with Crippen LogP contribution in [0.4, 0.5) is 0 Å². The first kappa shape index (κ1) is 14.0. The van der Waals surface area contributed by atoms with Crippen molar-refractivity contribution in [3.63, 3.8) is 0 Å². The molecule has 1 rings (SSSR count). The molecule has 0 saturated heterocycles. The summed E-state index contributed by atoms with van der Waals surface area (Å²) in [5.74, 6) is 0. The molecule has 0 bridgehead atoms. The van der Waals surface area contributed by atoms with Crippen LogP contribution in [0, 0.1) is 0 Å². The van der Waals surface area contributed by atoms with E-state index in [4.69, 9.17) is 4.12 Å². The van der Waals surface area contributed by atoms with Crippen LogP contribution >= 0.6 is 11.3 Å². The molecule has 1 aromatic heterocycles. The van der Waals surface area contributed by atoms with Crippen molar-refractivity contribution in [1.82, 2.24) is 4.98 Å². The van der Waals surface area contributed by atoms with Gasteiger partial charge in [0.2, 0.25) is 0 Å². The van der Waals surface area contributed by atoms with Gasteiger partial charge in [0.1, 0.15) is 0 Å². The van der Waals surface area contributed by atoms with E-state index in [9.17, 15) is 0 Å². The van der Waals surface area contributed by atoms with Gasteiger partial charge in [0.25, 0.3) is 0 Å². The van der Waals surface area contributed by atoms with Crippen molar-refractivity contribution in [1.29, 1.82) is 0 Å². The van der Waals surface area contributed by atoms with Gasteiger partial charge >= 0.3 is 0 Å². The Bertz CT molecular complexity index is 197. The average Bonchev–Trinajstić information content (AvgIpc) is 2.29. The van der Waals surface area contributed by atoms with Crippen molar-refractivity contribution in [3.8, 4) is 0 Å². The molecular weight excluding hydrogens is 226 g/mol. The van der Waals surface area contributed by atoms with Crippen molar-refractivity contribution >= 4 is 28.0 Å². The van der Waals surface area contributed by atoms with E-state index in [1.165, 1.54) is 0 Å². The maximum atomic E-state index is 5.90. The molecule has 0 aliphatic carbocycles. The summed E-state index contributed by atoms with van der Waals surface area (Å²) in [6.07, 6.45) is 1.77. The van der Waals surface area contributed by atoms with Crippen molar-refractivity contribution < 1.29 is 4.12 Å². The smallest absolute Gasteiger partial charge is 0.170 e. The zero-order valence-electron chi connectivity index (χ0n) is 10.00. The van der Waals surface area contributed by atoms with Crippen LogP contribution in [0.15, 0.2) is 17.1 Å². The van der Waals surface area contributed by atoms with Crippen molar-refractivity contribution in [3.05, 3.63) is 17.1 Å². The van der Waals surface area contributed by atoms with Gasteiger partial charge in [-0.3, -0.25) is 4.98 Å². The molecule has 0 aromatic carbocycles. The van der Waals surface area contributed by atoms with Gasteiger partial charge in [-0.25, -0.2) is 0 Å². The highest BCUT2D eigenvalue weighted by Gasteiger charge is 2.24. The maximum absolute atomic E-state index is 5.90. The molecule has 5 heteroatoms. The number of thiazole rings is 1. The van der Waals surface area contributed by atoms with E-state index in [2.05, 4.69) is 44.3 Å². The second kappa shape index (κ2) is 5.80. The van der Waals surface area contributed by atoms with E-state index in [0.29, 0.717) is 0 Å². The highest BCUT2D eigenvalue weighted by atomic mass is 32.1. The van der Waals surface area contributed by atoms with Crippen molar-refractivity contribution in [2.24, 2.45) is 0 Å². The Morgan fingerprint density at radius 3 is 1.57 bits per heavy atom. The molecule has 0 radical (unpaired) electrons. The second-order valence-corrected chi connectivity index (χ2v) is 15.0. The number of hydrogen-bond acceptors (Lipinski definition) is 3. The van der Waals surface area contributed by atoms with E-state index in [1.54, 1.807) is 23.0 Å².